The summed E-state index contributed by atoms with van der Waals surface area (Å²) >= 11 is 0. The molecule has 1 N–H and O–H groups in total. The molecule has 1 heterocycles. The number of halogens is 2. The molecule has 0 spiro atoms. The summed E-state index contributed by atoms with van der Waals surface area (Å²) in [5.74, 6) is -2.00. The average Bonchev–Trinajstić information content (AvgIpc) is 2.23. The van der Waals surface area contributed by atoms with E-state index in [1.54, 1.807) is 6.92 Å². The second-order valence-electron chi connectivity index (χ2n) is 4.45. The number of amides is 1. The number of nitrogens with one attached hydrogen (secondary N) is 1. The first-order valence-corrected chi connectivity index (χ1v) is 5.50. The molecule has 1 aromatic rings. The van der Waals surface area contributed by atoms with E-state index in [0.29, 0.717) is 11.4 Å². The molecule has 5 heteroatoms. The topological polar surface area (TPSA) is 32.3 Å². The summed E-state index contributed by atoms with van der Waals surface area (Å²) in [4.78, 5) is 13.5. The summed E-state index contributed by atoms with van der Waals surface area (Å²) in [6.45, 7) is 5.36. The quantitative estimate of drug-likeness (QED) is 0.818. The Morgan fingerprint density at radius 2 is 1.88 bits per heavy atom. The Balaban J connectivity index is 2.58. The maximum Gasteiger partial charge on any atom is 0.249 e. The average molecular weight is 240 g/mol. The van der Waals surface area contributed by atoms with Crippen LogP contribution in [0.25, 0.3) is 0 Å². The number of nitrogens with zero attached hydrogens (tertiary/aromatic N) is 1. The van der Waals surface area contributed by atoms with E-state index < -0.39 is 17.7 Å². The zero-order chi connectivity index (χ0) is 12.7. The number of benzene rings is 1. The molecular formula is C12H14F2N2O. The minimum Gasteiger partial charge on any atom is -0.372 e. The number of hydrogen-bond acceptors (Lipinski definition) is 2. The van der Waals surface area contributed by atoms with Crippen molar-refractivity contribution in [2.24, 2.45) is 0 Å². The third kappa shape index (κ3) is 1.85. The summed E-state index contributed by atoms with van der Waals surface area (Å²) in [6, 6.07) is 1.61. The van der Waals surface area contributed by atoms with E-state index in [1.165, 1.54) is 4.90 Å². The van der Waals surface area contributed by atoms with Gasteiger partial charge in [0, 0.05) is 18.2 Å². The molecule has 1 amide bonds. The summed E-state index contributed by atoms with van der Waals surface area (Å²) in [7, 11) is 0. The van der Waals surface area contributed by atoms with Crippen LogP contribution < -0.4 is 10.2 Å². The van der Waals surface area contributed by atoms with Crippen LogP contribution in [0.1, 0.15) is 20.8 Å². The van der Waals surface area contributed by atoms with Crippen LogP contribution in [0.5, 0.6) is 0 Å². The van der Waals surface area contributed by atoms with Gasteiger partial charge in [-0.25, -0.2) is 8.78 Å². The molecule has 0 saturated carbocycles. The van der Waals surface area contributed by atoms with E-state index in [1.807, 2.05) is 13.8 Å². The summed E-state index contributed by atoms with van der Waals surface area (Å²) in [5.41, 5.74) is 0.840. The van der Waals surface area contributed by atoms with Gasteiger partial charge in [0.1, 0.15) is 6.04 Å². The number of anilines is 2. The molecule has 1 unspecified atom stereocenters. The Labute approximate surface area is 98.4 Å². The van der Waals surface area contributed by atoms with Gasteiger partial charge in [-0.3, -0.25) is 4.79 Å². The Hall–Kier alpha value is -1.65. The summed E-state index contributed by atoms with van der Waals surface area (Å²) < 4.78 is 26.4. The molecule has 1 aliphatic rings. The highest BCUT2D eigenvalue weighted by atomic mass is 19.2. The van der Waals surface area contributed by atoms with Crippen LogP contribution in [0.3, 0.4) is 0 Å². The lowest BCUT2D eigenvalue weighted by molar-refractivity contribution is -0.119. The van der Waals surface area contributed by atoms with Crippen LogP contribution in [0.4, 0.5) is 20.2 Å². The first-order chi connectivity index (χ1) is 7.91. The van der Waals surface area contributed by atoms with Crippen LogP contribution in [0.2, 0.25) is 0 Å². The van der Waals surface area contributed by atoms with E-state index in [2.05, 4.69) is 5.32 Å². The Morgan fingerprint density at radius 3 is 2.47 bits per heavy atom. The molecule has 0 aromatic heterocycles. The molecule has 17 heavy (non-hydrogen) atoms. The molecule has 3 nitrogen and oxygen atoms in total. The number of carbonyl (C=O) groups excluding carboxylic acids is 1. The van der Waals surface area contributed by atoms with E-state index in [0.717, 1.165) is 12.1 Å². The molecule has 0 fully saturated rings. The van der Waals surface area contributed by atoms with Gasteiger partial charge in [-0.1, -0.05) is 0 Å². The molecule has 0 radical (unpaired) electrons. The minimum absolute atomic E-state index is 0.101. The first kappa shape index (κ1) is 11.8. The largest absolute Gasteiger partial charge is 0.372 e. The molecule has 92 valence electrons. The number of fused-ring (bicyclic) bond motifs is 1. The molecule has 0 aliphatic carbocycles. The fourth-order valence-corrected chi connectivity index (χ4v) is 2.01. The van der Waals surface area contributed by atoms with Crippen LogP contribution >= 0.6 is 0 Å². The van der Waals surface area contributed by atoms with Crippen molar-refractivity contribution in [3.63, 3.8) is 0 Å². The zero-order valence-corrected chi connectivity index (χ0v) is 9.92. The van der Waals surface area contributed by atoms with Crippen molar-refractivity contribution in [3.8, 4) is 0 Å². The Kier molecular flexibility index (Phi) is 2.77. The molecule has 1 aliphatic heterocycles. The molecular weight excluding hydrogens is 226 g/mol. The normalized spacial score (nSPS) is 19.3. The van der Waals surface area contributed by atoms with Gasteiger partial charge in [0.25, 0.3) is 0 Å². The van der Waals surface area contributed by atoms with Gasteiger partial charge in [0.2, 0.25) is 5.91 Å². The van der Waals surface area contributed by atoms with E-state index in [-0.39, 0.29) is 11.9 Å². The standard InChI is InChI=1S/C12H14F2N2O/c1-6(2)16-11-5-9(14)8(13)4-10(11)15-7(3)12(16)17/h4-7,15H,1-3H3. The highest BCUT2D eigenvalue weighted by Gasteiger charge is 2.32. The van der Waals surface area contributed by atoms with Crippen molar-refractivity contribution in [3.05, 3.63) is 23.8 Å². The zero-order valence-electron chi connectivity index (χ0n) is 9.92. The number of rotatable bonds is 1. The van der Waals surface area contributed by atoms with Crippen molar-refractivity contribution in [2.75, 3.05) is 10.2 Å². The predicted molar refractivity (Wildman–Crippen MR) is 62.1 cm³/mol. The van der Waals surface area contributed by atoms with Crippen molar-refractivity contribution < 1.29 is 13.6 Å². The molecule has 0 saturated heterocycles. The lowest BCUT2D eigenvalue weighted by atomic mass is 10.1. The predicted octanol–water partition coefficient (Wildman–Crippen LogP) is 2.52. The fraction of sp³-hybridized carbons (Fsp3) is 0.417. The Bertz CT molecular complexity index is 474. The van der Waals surface area contributed by atoms with Gasteiger partial charge in [0.15, 0.2) is 11.6 Å². The molecule has 2 rings (SSSR count). The molecule has 1 atom stereocenters. The van der Waals surface area contributed by atoms with Gasteiger partial charge in [-0.2, -0.15) is 0 Å². The van der Waals surface area contributed by atoms with Crippen molar-refractivity contribution >= 4 is 17.3 Å². The molecule has 0 bridgehead atoms. The minimum atomic E-state index is -0.946. The summed E-state index contributed by atoms with van der Waals surface area (Å²) in [6.07, 6.45) is 0. The Morgan fingerprint density at radius 1 is 1.29 bits per heavy atom. The van der Waals surface area contributed by atoms with Gasteiger partial charge < -0.3 is 10.2 Å². The maximum atomic E-state index is 13.2. The van der Waals surface area contributed by atoms with Crippen LogP contribution in [-0.2, 0) is 4.79 Å². The summed E-state index contributed by atoms with van der Waals surface area (Å²) in [5, 5.41) is 2.86. The van der Waals surface area contributed by atoms with Crippen LogP contribution in [0, 0.1) is 11.6 Å². The van der Waals surface area contributed by atoms with Gasteiger partial charge in [-0.15, -0.1) is 0 Å². The van der Waals surface area contributed by atoms with Crippen LogP contribution in [0.15, 0.2) is 12.1 Å². The van der Waals surface area contributed by atoms with E-state index >= 15 is 0 Å². The molecule has 1 aromatic carbocycles. The van der Waals surface area contributed by atoms with E-state index in [4.69, 9.17) is 0 Å². The van der Waals surface area contributed by atoms with Crippen molar-refractivity contribution in [1.82, 2.24) is 0 Å². The lowest BCUT2D eigenvalue weighted by Gasteiger charge is -2.36. The van der Waals surface area contributed by atoms with Gasteiger partial charge in [-0.05, 0) is 20.8 Å². The van der Waals surface area contributed by atoms with Gasteiger partial charge >= 0.3 is 0 Å². The highest BCUT2D eigenvalue weighted by Crippen LogP contribution is 2.34. The maximum absolute atomic E-state index is 13.2. The van der Waals surface area contributed by atoms with Crippen molar-refractivity contribution in [1.29, 1.82) is 0 Å². The smallest absolute Gasteiger partial charge is 0.249 e. The van der Waals surface area contributed by atoms with Crippen LogP contribution in [-0.4, -0.2) is 18.0 Å². The van der Waals surface area contributed by atoms with E-state index in [9.17, 15) is 13.6 Å². The highest BCUT2D eigenvalue weighted by molar-refractivity contribution is 6.05. The second-order valence-corrected chi connectivity index (χ2v) is 4.45. The SMILES string of the molecule is CC1Nc2cc(F)c(F)cc2N(C(C)C)C1=O. The third-order valence-corrected chi connectivity index (χ3v) is 2.79. The monoisotopic (exact) mass is 240 g/mol. The van der Waals surface area contributed by atoms with Crippen molar-refractivity contribution in [2.45, 2.75) is 32.9 Å². The third-order valence-electron chi connectivity index (χ3n) is 2.79. The fourth-order valence-electron chi connectivity index (χ4n) is 2.01. The number of hydrogen-bond donors (Lipinski definition) is 1. The lowest BCUT2D eigenvalue weighted by Crippen LogP contribution is -2.49. The second kappa shape index (κ2) is 3.98. The van der Waals surface area contributed by atoms with Gasteiger partial charge in [0.05, 0.1) is 11.4 Å². The first-order valence-electron chi connectivity index (χ1n) is 5.50. The number of carbonyl (C=O) groups is 1.